The van der Waals surface area contributed by atoms with E-state index < -0.39 is 0 Å². The minimum Gasteiger partial charge on any atom is -0.348 e. The number of hydrogen-bond acceptors (Lipinski definition) is 2. The number of fused-ring (bicyclic) bond motifs is 1. The Morgan fingerprint density at radius 2 is 2.04 bits per heavy atom. The quantitative estimate of drug-likeness (QED) is 0.544. The number of nitrogens with zero attached hydrogens (tertiary/aromatic N) is 2. The van der Waals surface area contributed by atoms with E-state index in [0.29, 0.717) is 6.54 Å². The maximum Gasteiger partial charge on any atom is 0.244 e. The molecule has 0 atom stereocenters. The van der Waals surface area contributed by atoms with Gasteiger partial charge >= 0.3 is 0 Å². The SMILES string of the molecule is O=C(/C=C/c1c[nH]c2ncccc12)NCc1cccc(-n2cccc2)c1. The Balaban J connectivity index is 1.40. The van der Waals surface area contributed by atoms with Gasteiger partial charge in [0, 0.05) is 54.0 Å². The van der Waals surface area contributed by atoms with Crippen LogP contribution in [0.4, 0.5) is 0 Å². The van der Waals surface area contributed by atoms with Crippen molar-refractivity contribution in [2.24, 2.45) is 0 Å². The fourth-order valence-corrected chi connectivity index (χ4v) is 2.86. The van der Waals surface area contributed by atoms with Gasteiger partial charge in [0.15, 0.2) is 0 Å². The number of amides is 1. The molecule has 26 heavy (non-hydrogen) atoms. The van der Waals surface area contributed by atoms with Crippen LogP contribution in [0, 0.1) is 0 Å². The van der Waals surface area contributed by atoms with Gasteiger partial charge in [-0.25, -0.2) is 4.98 Å². The van der Waals surface area contributed by atoms with Gasteiger partial charge < -0.3 is 14.9 Å². The number of hydrogen-bond donors (Lipinski definition) is 2. The molecule has 2 N–H and O–H groups in total. The largest absolute Gasteiger partial charge is 0.348 e. The lowest BCUT2D eigenvalue weighted by Gasteiger charge is -2.07. The van der Waals surface area contributed by atoms with E-state index in [2.05, 4.69) is 21.4 Å². The molecular weight excluding hydrogens is 324 g/mol. The minimum atomic E-state index is -0.130. The highest BCUT2D eigenvalue weighted by Gasteiger charge is 2.02. The van der Waals surface area contributed by atoms with Gasteiger partial charge in [-0.15, -0.1) is 0 Å². The van der Waals surface area contributed by atoms with Crippen molar-refractivity contribution in [1.82, 2.24) is 19.9 Å². The molecule has 0 aliphatic rings. The minimum absolute atomic E-state index is 0.130. The Morgan fingerprint density at radius 3 is 2.92 bits per heavy atom. The zero-order chi connectivity index (χ0) is 17.8. The van der Waals surface area contributed by atoms with E-state index in [1.165, 1.54) is 0 Å². The first-order valence-corrected chi connectivity index (χ1v) is 8.40. The second-order valence-corrected chi connectivity index (χ2v) is 5.95. The maximum absolute atomic E-state index is 12.1. The van der Waals surface area contributed by atoms with Gasteiger partial charge in [-0.3, -0.25) is 4.79 Å². The maximum atomic E-state index is 12.1. The van der Waals surface area contributed by atoms with Crippen LogP contribution in [0.2, 0.25) is 0 Å². The van der Waals surface area contributed by atoms with Crippen molar-refractivity contribution >= 4 is 23.0 Å². The fourth-order valence-electron chi connectivity index (χ4n) is 2.86. The molecule has 1 aromatic carbocycles. The first-order valence-electron chi connectivity index (χ1n) is 8.40. The van der Waals surface area contributed by atoms with Crippen molar-refractivity contribution in [1.29, 1.82) is 0 Å². The lowest BCUT2D eigenvalue weighted by molar-refractivity contribution is -0.116. The Morgan fingerprint density at radius 1 is 1.15 bits per heavy atom. The lowest BCUT2D eigenvalue weighted by Crippen LogP contribution is -2.20. The number of rotatable bonds is 5. The highest BCUT2D eigenvalue weighted by Crippen LogP contribution is 2.16. The number of aromatic nitrogens is 3. The zero-order valence-corrected chi connectivity index (χ0v) is 14.1. The van der Waals surface area contributed by atoms with E-state index in [1.807, 2.05) is 65.6 Å². The van der Waals surface area contributed by atoms with Gasteiger partial charge in [0.1, 0.15) is 5.65 Å². The molecule has 1 amide bonds. The van der Waals surface area contributed by atoms with E-state index in [1.54, 1.807) is 18.3 Å². The second kappa shape index (κ2) is 7.11. The second-order valence-electron chi connectivity index (χ2n) is 5.95. The molecule has 128 valence electrons. The van der Waals surface area contributed by atoms with Crippen LogP contribution >= 0.6 is 0 Å². The molecule has 0 aliphatic carbocycles. The third kappa shape index (κ3) is 3.42. The molecule has 0 radical (unpaired) electrons. The molecule has 4 rings (SSSR count). The van der Waals surface area contributed by atoms with E-state index >= 15 is 0 Å². The van der Waals surface area contributed by atoms with Crippen LogP contribution in [0.3, 0.4) is 0 Å². The molecule has 0 bridgehead atoms. The topological polar surface area (TPSA) is 62.7 Å². The first-order chi connectivity index (χ1) is 12.8. The third-order valence-corrected chi connectivity index (χ3v) is 4.18. The van der Waals surface area contributed by atoms with Gasteiger partial charge in [-0.05, 0) is 48.0 Å². The molecule has 3 aromatic heterocycles. The highest BCUT2D eigenvalue weighted by molar-refractivity contribution is 5.95. The Labute approximate surface area is 151 Å². The molecule has 5 nitrogen and oxygen atoms in total. The third-order valence-electron chi connectivity index (χ3n) is 4.18. The summed E-state index contributed by atoms with van der Waals surface area (Å²) in [6.07, 6.45) is 10.9. The van der Waals surface area contributed by atoms with Gasteiger partial charge in [-0.2, -0.15) is 0 Å². The summed E-state index contributed by atoms with van der Waals surface area (Å²) in [5.74, 6) is -0.130. The summed E-state index contributed by atoms with van der Waals surface area (Å²) in [5, 5.41) is 3.92. The average molecular weight is 342 g/mol. The van der Waals surface area contributed by atoms with Crippen LogP contribution in [0.5, 0.6) is 0 Å². The molecule has 0 unspecified atom stereocenters. The Kier molecular flexibility index (Phi) is 4.35. The summed E-state index contributed by atoms with van der Waals surface area (Å²) < 4.78 is 2.04. The van der Waals surface area contributed by atoms with Crippen LogP contribution in [-0.2, 0) is 11.3 Å². The number of H-pyrrole nitrogens is 1. The van der Waals surface area contributed by atoms with Crippen LogP contribution in [0.25, 0.3) is 22.8 Å². The molecule has 0 saturated heterocycles. The summed E-state index contributed by atoms with van der Waals surface area (Å²) in [6.45, 7) is 0.480. The molecule has 0 saturated carbocycles. The molecule has 3 heterocycles. The Bertz CT molecular complexity index is 1060. The number of pyridine rings is 1. The van der Waals surface area contributed by atoms with Crippen molar-refractivity contribution in [2.45, 2.75) is 6.54 Å². The number of carbonyl (C=O) groups is 1. The van der Waals surface area contributed by atoms with E-state index in [9.17, 15) is 4.79 Å². The van der Waals surface area contributed by atoms with Crippen molar-refractivity contribution in [2.75, 3.05) is 0 Å². The first kappa shape index (κ1) is 15.9. The van der Waals surface area contributed by atoms with Crippen LogP contribution in [-0.4, -0.2) is 20.4 Å². The predicted molar refractivity (Wildman–Crippen MR) is 103 cm³/mol. The average Bonchev–Trinajstić information content (AvgIpc) is 3.35. The van der Waals surface area contributed by atoms with Gasteiger partial charge in [0.25, 0.3) is 0 Å². The number of nitrogens with one attached hydrogen (secondary N) is 2. The van der Waals surface area contributed by atoms with Gasteiger partial charge in [0.2, 0.25) is 5.91 Å². The van der Waals surface area contributed by atoms with Crippen LogP contribution in [0.15, 0.2) is 79.4 Å². The van der Waals surface area contributed by atoms with Gasteiger partial charge in [0.05, 0.1) is 0 Å². The van der Waals surface area contributed by atoms with Crippen molar-refractivity contribution in [3.63, 3.8) is 0 Å². The molecule has 0 fully saturated rings. The number of aromatic amines is 1. The fraction of sp³-hybridized carbons (Fsp3) is 0.0476. The molecule has 5 heteroatoms. The lowest BCUT2D eigenvalue weighted by atomic mass is 10.2. The summed E-state index contributed by atoms with van der Waals surface area (Å²) in [7, 11) is 0. The standard InChI is InChI=1S/C21H18N4O/c26-20(9-8-17-15-24-21-19(17)7-4-10-22-21)23-14-16-5-3-6-18(13-16)25-11-1-2-12-25/h1-13,15H,14H2,(H,22,24)(H,23,26)/b9-8+. The highest BCUT2D eigenvalue weighted by atomic mass is 16.1. The van der Waals surface area contributed by atoms with E-state index in [4.69, 9.17) is 0 Å². The molecule has 4 aromatic rings. The van der Waals surface area contributed by atoms with Crippen molar-refractivity contribution in [3.05, 3.63) is 90.5 Å². The Hall–Kier alpha value is -3.60. The molecular formula is C21H18N4O. The van der Waals surface area contributed by atoms with Crippen molar-refractivity contribution in [3.8, 4) is 5.69 Å². The van der Waals surface area contributed by atoms with E-state index in [0.717, 1.165) is 27.8 Å². The number of carbonyl (C=O) groups excluding carboxylic acids is 1. The summed E-state index contributed by atoms with van der Waals surface area (Å²) in [6, 6.07) is 15.9. The van der Waals surface area contributed by atoms with Crippen LogP contribution in [0.1, 0.15) is 11.1 Å². The zero-order valence-electron chi connectivity index (χ0n) is 14.1. The monoisotopic (exact) mass is 342 g/mol. The predicted octanol–water partition coefficient (Wildman–Crippen LogP) is 3.68. The normalized spacial score (nSPS) is 11.2. The summed E-state index contributed by atoms with van der Waals surface area (Å²) in [4.78, 5) is 19.5. The molecule has 0 spiro atoms. The van der Waals surface area contributed by atoms with E-state index in [-0.39, 0.29) is 5.91 Å². The summed E-state index contributed by atoms with van der Waals surface area (Å²) >= 11 is 0. The number of benzene rings is 1. The van der Waals surface area contributed by atoms with Crippen molar-refractivity contribution < 1.29 is 4.79 Å². The molecule has 0 aliphatic heterocycles. The summed E-state index contributed by atoms with van der Waals surface area (Å²) in [5.41, 5.74) is 3.88. The smallest absolute Gasteiger partial charge is 0.244 e. The van der Waals surface area contributed by atoms with Crippen LogP contribution < -0.4 is 5.32 Å². The van der Waals surface area contributed by atoms with Gasteiger partial charge in [-0.1, -0.05) is 12.1 Å².